The summed E-state index contributed by atoms with van der Waals surface area (Å²) in [6.45, 7) is 5.51. The number of imidazole rings is 1. The first-order chi connectivity index (χ1) is 8.44. The predicted octanol–water partition coefficient (Wildman–Crippen LogP) is 1.52. The first-order valence-corrected chi connectivity index (χ1v) is 6.37. The van der Waals surface area contributed by atoms with Crippen LogP contribution < -0.4 is 5.73 Å². The Morgan fingerprint density at radius 1 is 1.50 bits per heavy atom. The van der Waals surface area contributed by atoms with Gasteiger partial charge in [0.05, 0.1) is 6.54 Å². The normalized spacial score (nSPS) is 11.6. The molecule has 1 rings (SSSR count). The number of hydrogen-bond donors (Lipinski definition) is 2. The molecule has 0 bridgehead atoms. The molecule has 0 saturated heterocycles. The summed E-state index contributed by atoms with van der Waals surface area (Å²) < 4.78 is 0. The van der Waals surface area contributed by atoms with Gasteiger partial charge in [-0.2, -0.15) is 0 Å². The molecular weight excluding hydrogens is 228 g/mol. The topological polar surface area (TPSA) is 75.0 Å². The molecule has 18 heavy (non-hydrogen) atoms. The third-order valence-corrected chi connectivity index (χ3v) is 3.20. The lowest BCUT2D eigenvalue weighted by Gasteiger charge is -2.24. The van der Waals surface area contributed by atoms with Gasteiger partial charge in [0.25, 0.3) is 0 Å². The van der Waals surface area contributed by atoms with E-state index in [0.29, 0.717) is 19.5 Å². The van der Waals surface area contributed by atoms with Crippen LogP contribution in [0.25, 0.3) is 0 Å². The van der Waals surface area contributed by atoms with Crippen molar-refractivity contribution in [1.82, 2.24) is 14.9 Å². The highest BCUT2D eigenvalue weighted by Crippen LogP contribution is 2.26. The van der Waals surface area contributed by atoms with E-state index in [4.69, 9.17) is 5.73 Å². The molecule has 5 nitrogen and oxygen atoms in total. The van der Waals surface area contributed by atoms with Crippen LogP contribution in [0.1, 0.15) is 38.9 Å². The fourth-order valence-corrected chi connectivity index (χ4v) is 1.85. The standard InChI is InChI=1S/C13H24N4O/c1-13(2,6-7-14)5-4-12(18)17(3)10-11-15-8-9-16-11/h8-9H,4-7,10,14H2,1-3H3,(H,15,16). The molecule has 1 amide bonds. The lowest BCUT2D eigenvalue weighted by atomic mass is 9.84. The summed E-state index contributed by atoms with van der Waals surface area (Å²) in [5.74, 6) is 0.962. The van der Waals surface area contributed by atoms with Gasteiger partial charge in [-0.25, -0.2) is 4.98 Å². The van der Waals surface area contributed by atoms with Crippen LogP contribution in [0.2, 0.25) is 0 Å². The number of carbonyl (C=O) groups excluding carboxylic acids is 1. The van der Waals surface area contributed by atoms with Gasteiger partial charge in [0.2, 0.25) is 5.91 Å². The van der Waals surface area contributed by atoms with E-state index in [1.165, 1.54) is 0 Å². The van der Waals surface area contributed by atoms with E-state index in [9.17, 15) is 4.79 Å². The molecule has 1 heterocycles. The van der Waals surface area contributed by atoms with Gasteiger partial charge in [-0.1, -0.05) is 13.8 Å². The Balaban J connectivity index is 2.36. The SMILES string of the molecule is CN(Cc1ncc[nH]1)C(=O)CCC(C)(C)CCN. The second kappa shape index (κ2) is 6.54. The van der Waals surface area contributed by atoms with Crippen LogP contribution >= 0.6 is 0 Å². The Hall–Kier alpha value is -1.36. The zero-order chi connectivity index (χ0) is 13.6. The summed E-state index contributed by atoms with van der Waals surface area (Å²) in [6, 6.07) is 0. The summed E-state index contributed by atoms with van der Waals surface area (Å²) in [6.07, 6.45) is 5.83. The maximum absolute atomic E-state index is 12.0. The van der Waals surface area contributed by atoms with Crippen LogP contribution in [-0.2, 0) is 11.3 Å². The minimum Gasteiger partial charge on any atom is -0.347 e. The smallest absolute Gasteiger partial charge is 0.222 e. The van der Waals surface area contributed by atoms with Crippen LogP contribution in [0.5, 0.6) is 0 Å². The van der Waals surface area contributed by atoms with Crippen molar-refractivity contribution in [2.75, 3.05) is 13.6 Å². The van der Waals surface area contributed by atoms with Gasteiger partial charge in [-0.3, -0.25) is 4.79 Å². The van der Waals surface area contributed by atoms with Gasteiger partial charge in [-0.05, 0) is 24.8 Å². The average Bonchev–Trinajstić information content (AvgIpc) is 2.78. The van der Waals surface area contributed by atoms with Crippen molar-refractivity contribution < 1.29 is 4.79 Å². The fraction of sp³-hybridized carbons (Fsp3) is 0.692. The molecular formula is C13H24N4O. The van der Waals surface area contributed by atoms with Crippen molar-refractivity contribution in [3.05, 3.63) is 18.2 Å². The first kappa shape index (κ1) is 14.7. The van der Waals surface area contributed by atoms with E-state index >= 15 is 0 Å². The van der Waals surface area contributed by atoms with Crippen LogP contribution in [-0.4, -0.2) is 34.4 Å². The molecule has 5 heteroatoms. The minimum atomic E-state index is 0.135. The van der Waals surface area contributed by atoms with Crippen LogP contribution in [0.3, 0.4) is 0 Å². The van der Waals surface area contributed by atoms with E-state index < -0.39 is 0 Å². The number of rotatable bonds is 7. The Kier molecular flexibility index (Phi) is 5.34. The van der Waals surface area contributed by atoms with Crippen molar-refractivity contribution in [3.8, 4) is 0 Å². The molecule has 0 aliphatic rings. The van der Waals surface area contributed by atoms with E-state index in [2.05, 4.69) is 23.8 Å². The monoisotopic (exact) mass is 252 g/mol. The number of aromatic amines is 1. The molecule has 0 radical (unpaired) electrons. The maximum Gasteiger partial charge on any atom is 0.222 e. The molecule has 3 N–H and O–H groups in total. The van der Waals surface area contributed by atoms with E-state index in [0.717, 1.165) is 18.7 Å². The molecule has 1 aromatic rings. The van der Waals surface area contributed by atoms with Crippen LogP contribution in [0, 0.1) is 5.41 Å². The summed E-state index contributed by atoms with van der Waals surface area (Å²) in [5, 5.41) is 0. The minimum absolute atomic E-state index is 0.135. The fourth-order valence-electron chi connectivity index (χ4n) is 1.85. The number of carbonyl (C=O) groups is 1. The maximum atomic E-state index is 12.0. The first-order valence-electron chi connectivity index (χ1n) is 6.37. The quantitative estimate of drug-likeness (QED) is 0.772. The van der Waals surface area contributed by atoms with E-state index in [1.807, 2.05) is 0 Å². The zero-order valence-electron chi connectivity index (χ0n) is 11.6. The summed E-state index contributed by atoms with van der Waals surface area (Å²) in [7, 11) is 1.81. The van der Waals surface area contributed by atoms with Crippen molar-refractivity contribution in [2.24, 2.45) is 11.1 Å². The van der Waals surface area contributed by atoms with Gasteiger partial charge in [0, 0.05) is 25.9 Å². The predicted molar refractivity (Wildman–Crippen MR) is 71.7 cm³/mol. The van der Waals surface area contributed by atoms with Crippen LogP contribution in [0.15, 0.2) is 12.4 Å². The Labute approximate surface area is 109 Å². The summed E-state index contributed by atoms with van der Waals surface area (Å²) in [4.78, 5) is 20.8. The van der Waals surface area contributed by atoms with Gasteiger partial charge >= 0.3 is 0 Å². The van der Waals surface area contributed by atoms with Gasteiger partial charge in [0.1, 0.15) is 5.82 Å². The van der Waals surface area contributed by atoms with Gasteiger partial charge in [-0.15, -0.1) is 0 Å². The van der Waals surface area contributed by atoms with Crippen molar-refractivity contribution in [3.63, 3.8) is 0 Å². The highest BCUT2D eigenvalue weighted by Gasteiger charge is 2.19. The van der Waals surface area contributed by atoms with Crippen LogP contribution in [0.4, 0.5) is 0 Å². The molecule has 0 aromatic carbocycles. The van der Waals surface area contributed by atoms with E-state index in [-0.39, 0.29) is 11.3 Å². The van der Waals surface area contributed by atoms with Crippen molar-refractivity contribution in [2.45, 2.75) is 39.7 Å². The number of aromatic nitrogens is 2. The molecule has 0 fully saturated rings. The molecule has 0 spiro atoms. The van der Waals surface area contributed by atoms with Gasteiger partial charge in [0.15, 0.2) is 0 Å². The molecule has 0 aliphatic heterocycles. The Morgan fingerprint density at radius 2 is 2.22 bits per heavy atom. The highest BCUT2D eigenvalue weighted by atomic mass is 16.2. The second-order valence-corrected chi connectivity index (χ2v) is 5.49. The number of nitrogens with two attached hydrogens (primary N) is 1. The largest absolute Gasteiger partial charge is 0.347 e. The lowest BCUT2D eigenvalue weighted by molar-refractivity contribution is -0.131. The summed E-state index contributed by atoms with van der Waals surface area (Å²) in [5.41, 5.74) is 5.70. The van der Waals surface area contributed by atoms with Crippen molar-refractivity contribution in [1.29, 1.82) is 0 Å². The number of nitrogens with one attached hydrogen (secondary N) is 1. The number of hydrogen-bond acceptors (Lipinski definition) is 3. The molecule has 102 valence electrons. The molecule has 0 atom stereocenters. The number of H-pyrrole nitrogens is 1. The Bertz CT molecular complexity index is 359. The summed E-state index contributed by atoms with van der Waals surface area (Å²) >= 11 is 0. The van der Waals surface area contributed by atoms with Crippen molar-refractivity contribution >= 4 is 5.91 Å². The van der Waals surface area contributed by atoms with Gasteiger partial charge < -0.3 is 15.6 Å². The van der Waals surface area contributed by atoms with E-state index in [1.54, 1.807) is 24.3 Å². The lowest BCUT2D eigenvalue weighted by Crippen LogP contribution is -2.28. The molecule has 0 aliphatic carbocycles. The highest BCUT2D eigenvalue weighted by molar-refractivity contribution is 5.75. The molecule has 0 unspecified atom stereocenters. The third kappa shape index (κ3) is 4.87. The third-order valence-electron chi connectivity index (χ3n) is 3.20. The molecule has 0 saturated carbocycles. The zero-order valence-corrected chi connectivity index (χ0v) is 11.6. The number of nitrogens with zero attached hydrogens (tertiary/aromatic N) is 2. The Morgan fingerprint density at radius 3 is 2.78 bits per heavy atom. The molecule has 1 aromatic heterocycles. The number of amides is 1. The average molecular weight is 252 g/mol. The second-order valence-electron chi connectivity index (χ2n) is 5.49.